The minimum Gasteiger partial charge on any atom is -0.478 e. The van der Waals surface area contributed by atoms with Crippen molar-refractivity contribution in [2.24, 2.45) is 0 Å². The topological polar surface area (TPSA) is 90.8 Å². The summed E-state index contributed by atoms with van der Waals surface area (Å²) in [6, 6.07) is 18.8. The Bertz CT molecular complexity index is 1860. The number of hydrogen-bond donors (Lipinski definition) is 1. The van der Waals surface area contributed by atoms with Crippen molar-refractivity contribution < 1.29 is 28.2 Å². The lowest BCUT2D eigenvalue weighted by Gasteiger charge is -2.27. The molecule has 1 atom stereocenters. The molecule has 0 spiro atoms. The minimum atomic E-state index is -1.02. The number of aromatic carboxylic acids is 1. The number of nitrogens with zero attached hydrogens (tertiary/aromatic N) is 4. The Morgan fingerprint density at radius 1 is 1.07 bits per heavy atom. The van der Waals surface area contributed by atoms with Gasteiger partial charge in [0.1, 0.15) is 24.1 Å². The predicted molar refractivity (Wildman–Crippen MR) is 150 cm³/mol. The Morgan fingerprint density at radius 3 is 2.64 bits per heavy atom. The van der Waals surface area contributed by atoms with Gasteiger partial charge in [0, 0.05) is 30.2 Å². The first kappa shape index (κ1) is 27.1. The molecule has 0 amide bonds. The molecule has 0 radical (unpaired) electrons. The summed E-state index contributed by atoms with van der Waals surface area (Å²) in [5.41, 5.74) is 3.32. The summed E-state index contributed by atoms with van der Waals surface area (Å²) in [5, 5.41) is 9.46. The number of carboxylic acid groups (broad SMARTS) is 1. The number of pyridine rings is 1. The van der Waals surface area contributed by atoms with Crippen molar-refractivity contribution in [2.45, 2.75) is 32.1 Å². The highest BCUT2D eigenvalue weighted by Crippen LogP contribution is 2.28. The third kappa shape index (κ3) is 5.55. The lowest BCUT2D eigenvalue weighted by atomic mass is 10.1. The van der Waals surface area contributed by atoms with Gasteiger partial charge in [-0.25, -0.2) is 28.4 Å². The largest absolute Gasteiger partial charge is 0.478 e. The fraction of sp³-hybridized carbons (Fsp3) is 0.188. The number of rotatable bonds is 9. The quantitative estimate of drug-likeness (QED) is 0.203. The van der Waals surface area contributed by atoms with Crippen molar-refractivity contribution in [3.05, 3.63) is 118 Å². The zero-order valence-electron chi connectivity index (χ0n) is 22.3. The van der Waals surface area contributed by atoms with Gasteiger partial charge >= 0.3 is 5.97 Å². The smallest absolute Gasteiger partial charge is 0.335 e. The number of fused-ring (bicyclic) bond motifs is 1. The Hall–Kier alpha value is -5.14. The molecule has 1 N–H and O–H groups in total. The number of carbonyl (C=O) groups is 1. The van der Waals surface area contributed by atoms with E-state index in [0.717, 1.165) is 12.5 Å². The maximum Gasteiger partial charge on any atom is 0.335 e. The van der Waals surface area contributed by atoms with E-state index < -0.39 is 17.6 Å². The highest BCUT2D eigenvalue weighted by Gasteiger charge is 2.23. The predicted octanol–water partition coefficient (Wildman–Crippen LogP) is 6.58. The third-order valence-electron chi connectivity index (χ3n) is 7.19. The summed E-state index contributed by atoms with van der Waals surface area (Å²) in [7, 11) is 0. The second-order valence-corrected chi connectivity index (χ2v) is 9.96. The maximum absolute atomic E-state index is 15.4. The van der Waals surface area contributed by atoms with E-state index in [9.17, 15) is 14.3 Å². The molecule has 0 bridgehead atoms. The molecular formula is C32H24F2N4O4. The van der Waals surface area contributed by atoms with Crippen LogP contribution in [0.5, 0.6) is 5.88 Å². The molecule has 1 saturated heterocycles. The molecule has 3 aromatic carbocycles. The van der Waals surface area contributed by atoms with Gasteiger partial charge in [0.15, 0.2) is 5.69 Å². The zero-order valence-corrected chi connectivity index (χ0v) is 22.3. The monoisotopic (exact) mass is 566 g/mol. The first-order valence-corrected chi connectivity index (χ1v) is 13.3. The molecule has 1 aliphatic heterocycles. The van der Waals surface area contributed by atoms with E-state index in [2.05, 4.69) is 9.83 Å². The van der Waals surface area contributed by atoms with Gasteiger partial charge in [0.25, 0.3) is 0 Å². The summed E-state index contributed by atoms with van der Waals surface area (Å²) in [6.45, 7) is 8.11. The van der Waals surface area contributed by atoms with Gasteiger partial charge in [0.05, 0.1) is 41.5 Å². The first-order chi connectivity index (χ1) is 20.4. The van der Waals surface area contributed by atoms with Crippen LogP contribution in [0.3, 0.4) is 0 Å². The molecule has 42 heavy (non-hydrogen) atoms. The fourth-order valence-electron chi connectivity index (χ4n) is 4.86. The molecule has 10 heteroatoms. The average molecular weight is 567 g/mol. The van der Waals surface area contributed by atoms with E-state index in [1.54, 1.807) is 42.5 Å². The van der Waals surface area contributed by atoms with Gasteiger partial charge in [0.2, 0.25) is 5.88 Å². The van der Waals surface area contributed by atoms with Crippen molar-refractivity contribution in [1.29, 1.82) is 0 Å². The number of hydrogen-bond acceptors (Lipinski definition) is 5. The maximum atomic E-state index is 15.4. The van der Waals surface area contributed by atoms with Crippen LogP contribution in [0.4, 0.5) is 14.5 Å². The minimum absolute atomic E-state index is 0.0175. The first-order valence-electron chi connectivity index (χ1n) is 13.3. The van der Waals surface area contributed by atoms with Crippen LogP contribution in [-0.2, 0) is 24.3 Å². The molecule has 1 aliphatic rings. The van der Waals surface area contributed by atoms with Gasteiger partial charge < -0.3 is 19.1 Å². The highest BCUT2D eigenvalue weighted by atomic mass is 19.1. The summed E-state index contributed by atoms with van der Waals surface area (Å²) >= 11 is 0. The van der Waals surface area contributed by atoms with Gasteiger partial charge in [-0.2, -0.15) is 0 Å². The Balaban J connectivity index is 1.23. The van der Waals surface area contributed by atoms with Crippen molar-refractivity contribution in [3.8, 4) is 17.1 Å². The van der Waals surface area contributed by atoms with Gasteiger partial charge in [-0.15, -0.1) is 0 Å². The lowest BCUT2D eigenvalue weighted by Crippen LogP contribution is -2.31. The van der Waals surface area contributed by atoms with Crippen molar-refractivity contribution in [2.75, 3.05) is 6.61 Å². The molecule has 0 saturated carbocycles. The van der Waals surface area contributed by atoms with Crippen LogP contribution >= 0.6 is 0 Å². The molecule has 3 heterocycles. The second kappa shape index (κ2) is 11.4. The fourth-order valence-corrected chi connectivity index (χ4v) is 4.86. The molecule has 210 valence electrons. The number of halogens is 2. The van der Waals surface area contributed by atoms with Crippen molar-refractivity contribution >= 4 is 22.7 Å². The summed E-state index contributed by atoms with van der Waals surface area (Å²) in [6.07, 6.45) is 1.25. The van der Waals surface area contributed by atoms with E-state index in [4.69, 9.17) is 21.0 Å². The van der Waals surface area contributed by atoms with E-state index in [1.807, 2.05) is 4.57 Å². The molecular weight excluding hydrogens is 542 g/mol. The SMILES string of the molecule is [C-]#[N+]c1ccc(COc2cccc(-c3ccc(Cc4nc5ccc(C(=O)O)cc5n4CC4CCO4)cc3F)n2)c(F)c1. The normalized spacial score (nSPS) is 14.4. The number of ether oxygens (including phenoxy) is 2. The number of carboxylic acids is 1. The highest BCUT2D eigenvalue weighted by molar-refractivity contribution is 5.92. The van der Waals surface area contributed by atoms with Crippen LogP contribution < -0.4 is 4.74 Å². The van der Waals surface area contributed by atoms with Crippen LogP contribution in [-0.4, -0.2) is 38.3 Å². The van der Waals surface area contributed by atoms with Crippen LogP contribution in [0.2, 0.25) is 0 Å². The molecule has 1 unspecified atom stereocenters. The third-order valence-corrected chi connectivity index (χ3v) is 7.19. The molecule has 5 aromatic rings. The zero-order chi connectivity index (χ0) is 29.2. The standard InChI is InChI=1S/C32H24F2N4O4/c1-35-22-8-6-21(25(33)16-22)18-42-31-4-2-3-27(37-31)24-9-5-19(13-26(24)34)14-30-36-28-10-7-20(32(39)40)15-29(28)38(30)17-23-11-12-41-23/h2-10,13,15-16,23H,11-12,14,17-18H2,(H,39,40). The Labute approximate surface area is 239 Å². The van der Waals surface area contributed by atoms with Gasteiger partial charge in [-0.3, -0.25) is 0 Å². The Morgan fingerprint density at radius 2 is 1.93 bits per heavy atom. The van der Waals surface area contributed by atoms with Crippen LogP contribution in [0, 0.1) is 18.2 Å². The molecule has 1 fully saturated rings. The summed E-state index contributed by atoms with van der Waals surface area (Å²) in [5.74, 6) is -1.15. The van der Waals surface area contributed by atoms with E-state index in [-0.39, 0.29) is 41.0 Å². The average Bonchev–Trinajstić information content (AvgIpc) is 3.30. The summed E-state index contributed by atoms with van der Waals surface area (Å²) in [4.78, 5) is 23.9. The molecule has 0 aliphatic carbocycles. The van der Waals surface area contributed by atoms with Crippen LogP contribution in [0.1, 0.15) is 33.7 Å². The molecule has 6 rings (SSSR count). The lowest BCUT2D eigenvalue weighted by molar-refractivity contribution is -0.0589. The second-order valence-electron chi connectivity index (χ2n) is 9.96. The van der Waals surface area contributed by atoms with Crippen molar-refractivity contribution in [1.82, 2.24) is 14.5 Å². The van der Waals surface area contributed by atoms with Gasteiger partial charge in [-0.1, -0.05) is 24.3 Å². The van der Waals surface area contributed by atoms with Crippen molar-refractivity contribution in [3.63, 3.8) is 0 Å². The Kier molecular flexibility index (Phi) is 7.33. The van der Waals surface area contributed by atoms with E-state index in [1.165, 1.54) is 24.3 Å². The molecule has 8 nitrogen and oxygen atoms in total. The van der Waals surface area contributed by atoms with Crippen LogP contribution in [0.15, 0.2) is 72.8 Å². The summed E-state index contributed by atoms with van der Waals surface area (Å²) < 4.78 is 42.8. The molecule has 2 aromatic heterocycles. The van der Waals surface area contributed by atoms with E-state index in [0.29, 0.717) is 47.7 Å². The number of aromatic nitrogens is 3. The number of benzene rings is 3. The number of imidazole rings is 1. The van der Waals surface area contributed by atoms with Crippen LogP contribution in [0.25, 0.3) is 27.1 Å². The van der Waals surface area contributed by atoms with Gasteiger partial charge in [-0.05, 0) is 54.4 Å². The van der Waals surface area contributed by atoms with E-state index >= 15 is 4.39 Å².